The van der Waals surface area contributed by atoms with Crippen LogP contribution < -0.4 is 0 Å². The Labute approximate surface area is 78.0 Å². The monoisotopic (exact) mass is 183 g/mol. The third kappa shape index (κ3) is 2.84. The Morgan fingerprint density at radius 3 is 2.42 bits per heavy atom. The largest absolute Gasteiger partial charge is 0.236 e. The van der Waals surface area contributed by atoms with E-state index in [0.717, 1.165) is 11.4 Å². The lowest BCUT2D eigenvalue weighted by atomic mass is 10.0. The molecule has 1 aromatic rings. The maximum atomic E-state index is 10.5. The highest BCUT2D eigenvalue weighted by molar-refractivity contribution is 6.30. The smallest absolute Gasteiger partial charge is 0.0851 e. The van der Waals surface area contributed by atoms with Crippen molar-refractivity contribution in [2.45, 2.75) is 13.3 Å². The molecule has 1 rings (SSSR count). The molecule has 1 radical (unpaired) electrons. The van der Waals surface area contributed by atoms with Crippen molar-refractivity contribution in [3.8, 4) is 0 Å². The maximum absolute atomic E-state index is 10.5. The third-order valence-electron chi connectivity index (χ3n) is 1.78. The van der Waals surface area contributed by atoms with Crippen molar-refractivity contribution in [3.05, 3.63) is 34.9 Å². The van der Waals surface area contributed by atoms with Crippen LogP contribution in [-0.4, -0.2) is 6.61 Å². The van der Waals surface area contributed by atoms with Crippen molar-refractivity contribution in [1.82, 2.24) is 0 Å². The second-order valence-electron chi connectivity index (χ2n) is 3.10. The van der Waals surface area contributed by atoms with E-state index in [-0.39, 0.29) is 12.5 Å². The Kier molecular flexibility index (Phi) is 3.57. The molecule has 1 unspecified atom stereocenters. The van der Waals surface area contributed by atoms with E-state index in [4.69, 9.17) is 11.6 Å². The molecule has 1 nitrogen and oxygen atoms in total. The average molecular weight is 184 g/mol. The van der Waals surface area contributed by atoms with Crippen molar-refractivity contribution in [1.29, 1.82) is 0 Å². The van der Waals surface area contributed by atoms with Crippen molar-refractivity contribution in [2.24, 2.45) is 5.92 Å². The first kappa shape index (κ1) is 9.56. The van der Waals surface area contributed by atoms with Gasteiger partial charge in [0.25, 0.3) is 0 Å². The summed E-state index contributed by atoms with van der Waals surface area (Å²) < 4.78 is 0. The molecule has 12 heavy (non-hydrogen) atoms. The highest BCUT2D eigenvalue weighted by atomic mass is 35.5. The van der Waals surface area contributed by atoms with E-state index in [2.05, 4.69) is 0 Å². The van der Waals surface area contributed by atoms with Crippen molar-refractivity contribution >= 4 is 11.6 Å². The van der Waals surface area contributed by atoms with Crippen LogP contribution in [0.4, 0.5) is 0 Å². The minimum Gasteiger partial charge on any atom is -0.236 e. The van der Waals surface area contributed by atoms with Crippen LogP contribution in [0.3, 0.4) is 0 Å². The van der Waals surface area contributed by atoms with E-state index in [9.17, 15) is 5.11 Å². The molecular formula is C10H12ClO. The zero-order valence-electron chi connectivity index (χ0n) is 7.09. The van der Waals surface area contributed by atoms with Gasteiger partial charge in [-0.05, 0) is 30.0 Å². The predicted octanol–water partition coefficient (Wildman–Crippen LogP) is 2.95. The lowest BCUT2D eigenvalue weighted by Crippen LogP contribution is -2.03. The molecule has 1 aromatic carbocycles. The van der Waals surface area contributed by atoms with E-state index in [1.54, 1.807) is 0 Å². The highest BCUT2D eigenvalue weighted by Gasteiger charge is 2.01. The zero-order valence-corrected chi connectivity index (χ0v) is 7.84. The Hall–Kier alpha value is -0.530. The molecule has 0 fully saturated rings. The van der Waals surface area contributed by atoms with Crippen molar-refractivity contribution in [3.63, 3.8) is 0 Å². The second-order valence-corrected chi connectivity index (χ2v) is 3.54. The van der Waals surface area contributed by atoms with Crippen LogP contribution >= 0.6 is 11.6 Å². The van der Waals surface area contributed by atoms with E-state index < -0.39 is 0 Å². The molecule has 1 atom stereocenters. The molecule has 0 saturated carbocycles. The zero-order chi connectivity index (χ0) is 8.97. The molecule has 0 aliphatic carbocycles. The Morgan fingerprint density at radius 1 is 1.33 bits per heavy atom. The number of rotatable bonds is 3. The number of benzene rings is 1. The lowest BCUT2D eigenvalue weighted by Gasteiger charge is -2.05. The summed E-state index contributed by atoms with van der Waals surface area (Å²) in [6, 6.07) is 7.64. The van der Waals surface area contributed by atoms with Gasteiger partial charge in [0.2, 0.25) is 0 Å². The van der Waals surface area contributed by atoms with Gasteiger partial charge in [-0.2, -0.15) is 0 Å². The molecular weight excluding hydrogens is 172 g/mol. The number of hydrogen-bond acceptors (Lipinski definition) is 0. The first-order valence-electron chi connectivity index (χ1n) is 4.05. The molecule has 0 spiro atoms. The first-order chi connectivity index (χ1) is 5.72. The molecule has 2 heteroatoms. The van der Waals surface area contributed by atoms with E-state index >= 15 is 0 Å². The molecule has 0 heterocycles. The summed E-state index contributed by atoms with van der Waals surface area (Å²) in [6.07, 6.45) is 0.848. The summed E-state index contributed by atoms with van der Waals surface area (Å²) in [6.45, 7) is 1.95. The predicted molar refractivity (Wildman–Crippen MR) is 49.9 cm³/mol. The summed E-state index contributed by atoms with van der Waals surface area (Å²) in [5, 5.41) is 11.2. The van der Waals surface area contributed by atoms with Gasteiger partial charge in [0, 0.05) is 5.02 Å². The molecule has 0 aliphatic rings. The fourth-order valence-corrected chi connectivity index (χ4v) is 1.21. The van der Waals surface area contributed by atoms with Gasteiger partial charge in [-0.25, -0.2) is 5.11 Å². The molecule has 0 amide bonds. The molecule has 0 saturated heterocycles. The van der Waals surface area contributed by atoms with Gasteiger partial charge in [0.05, 0.1) is 6.61 Å². The Balaban J connectivity index is 2.58. The molecule has 65 valence electrons. The molecule has 0 aliphatic heterocycles. The fourth-order valence-electron chi connectivity index (χ4n) is 1.08. The van der Waals surface area contributed by atoms with Gasteiger partial charge in [-0.3, -0.25) is 0 Å². The quantitative estimate of drug-likeness (QED) is 0.687. The van der Waals surface area contributed by atoms with Crippen LogP contribution in [0, 0.1) is 5.92 Å². The Bertz CT molecular complexity index is 230. The van der Waals surface area contributed by atoms with Gasteiger partial charge in [0.1, 0.15) is 0 Å². The summed E-state index contributed by atoms with van der Waals surface area (Å²) in [5.41, 5.74) is 1.18. The second kappa shape index (κ2) is 4.48. The topological polar surface area (TPSA) is 19.9 Å². The van der Waals surface area contributed by atoms with E-state index in [1.165, 1.54) is 5.56 Å². The number of hydrogen-bond donors (Lipinski definition) is 0. The minimum atomic E-state index is -0.0113. The van der Waals surface area contributed by atoms with Crippen LogP contribution in [0.1, 0.15) is 12.5 Å². The van der Waals surface area contributed by atoms with Crippen LogP contribution in [0.5, 0.6) is 0 Å². The van der Waals surface area contributed by atoms with Gasteiger partial charge >= 0.3 is 0 Å². The summed E-state index contributed by atoms with van der Waals surface area (Å²) in [4.78, 5) is 0. The number of halogens is 1. The summed E-state index contributed by atoms with van der Waals surface area (Å²) in [5.74, 6) is 0.214. The van der Waals surface area contributed by atoms with Gasteiger partial charge in [0.15, 0.2) is 0 Å². The fraction of sp³-hybridized carbons (Fsp3) is 0.400. The SMILES string of the molecule is CC(C[O])Cc1ccc(Cl)cc1. The van der Waals surface area contributed by atoms with Gasteiger partial charge < -0.3 is 0 Å². The molecule has 0 bridgehead atoms. The van der Waals surface area contributed by atoms with Crippen molar-refractivity contribution in [2.75, 3.05) is 6.61 Å². The third-order valence-corrected chi connectivity index (χ3v) is 2.03. The summed E-state index contributed by atoms with van der Waals surface area (Å²) >= 11 is 5.72. The van der Waals surface area contributed by atoms with Crippen LogP contribution in [0.15, 0.2) is 24.3 Å². The van der Waals surface area contributed by atoms with Crippen LogP contribution in [-0.2, 0) is 11.5 Å². The van der Waals surface area contributed by atoms with Gasteiger partial charge in [-0.15, -0.1) is 0 Å². The Morgan fingerprint density at radius 2 is 1.92 bits per heavy atom. The maximum Gasteiger partial charge on any atom is 0.0851 e. The van der Waals surface area contributed by atoms with Gasteiger partial charge in [-0.1, -0.05) is 30.7 Å². The summed E-state index contributed by atoms with van der Waals surface area (Å²) in [7, 11) is 0. The van der Waals surface area contributed by atoms with Crippen LogP contribution in [0.25, 0.3) is 0 Å². The average Bonchev–Trinajstić information content (AvgIpc) is 2.09. The molecule has 0 aromatic heterocycles. The van der Waals surface area contributed by atoms with Crippen molar-refractivity contribution < 1.29 is 5.11 Å². The van der Waals surface area contributed by atoms with Crippen LogP contribution in [0.2, 0.25) is 5.02 Å². The first-order valence-corrected chi connectivity index (χ1v) is 4.42. The highest BCUT2D eigenvalue weighted by Crippen LogP contribution is 2.12. The normalized spacial score (nSPS) is 12.9. The standard InChI is InChI=1S/C10H12ClO/c1-8(7-12)6-9-2-4-10(11)5-3-9/h2-5,8H,6-7H2,1H3. The van der Waals surface area contributed by atoms with E-state index in [1.807, 2.05) is 31.2 Å². The minimum absolute atomic E-state index is 0.0113. The van der Waals surface area contributed by atoms with E-state index in [0.29, 0.717) is 0 Å². The lowest BCUT2D eigenvalue weighted by molar-refractivity contribution is 0.151. The molecule has 0 N–H and O–H groups in total.